The number of nitrogens with one attached hydrogen (secondary N) is 1. The minimum Gasteiger partial charge on any atom is -0.457 e. The van der Waals surface area contributed by atoms with Gasteiger partial charge in [-0.15, -0.1) is 0 Å². The van der Waals surface area contributed by atoms with Gasteiger partial charge in [-0.1, -0.05) is 17.7 Å². The molecule has 1 aliphatic rings. The van der Waals surface area contributed by atoms with Crippen LogP contribution < -0.4 is 10.2 Å². The van der Waals surface area contributed by atoms with Crippen LogP contribution in [0, 0.1) is 20.2 Å². The van der Waals surface area contributed by atoms with E-state index >= 15 is 0 Å². The van der Waals surface area contributed by atoms with Gasteiger partial charge in [0.1, 0.15) is 22.1 Å². The van der Waals surface area contributed by atoms with Crippen LogP contribution in [0.15, 0.2) is 64.6 Å². The van der Waals surface area contributed by atoms with Crippen molar-refractivity contribution < 1.29 is 28.6 Å². The lowest BCUT2D eigenvalue weighted by molar-refractivity contribution is -0.384. The van der Waals surface area contributed by atoms with Crippen LogP contribution in [0.25, 0.3) is 17.4 Å². The Morgan fingerprint density at radius 2 is 1.74 bits per heavy atom. The molecule has 1 N–H and O–H groups in total. The molecule has 1 aliphatic heterocycles. The predicted octanol–water partition coefficient (Wildman–Crippen LogP) is 4.08. The third kappa shape index (κ3) is 4.12. The summed E-state index contributed by atoms with van der Waals surface area (Å²) in [5.74, 6) is -1.77. The van der Waals surface area contributed by atoms with E-state index in [0.717, 1.165) is 12.1 Å². The Kier molecular flexibility index (Phi) is 5.65. The van der Waals surface area contributed by atoms with Gasteiger partial charge in [-0.05, 0) is 36.4 Å². The molecule has 12 nitrogen and oxygen atoms in total. The predicted molar refractivity (Wildman–Crippen MR) is 118 cm³/mol. The van der Waals surface area contributed by atoms with E-state index in [1.807, 2.05) is 5.32 Å². The summed E-state index contributed by atoms with van der Waals surface area (Å²) in [5, 5.41) is 24.1. The molecule has 170 valence electrons. The van der Waals surface area contributed by atoms with Gasteiger partial charge in [0.15, 0.2) is 0 Å². The van der Waals surface area contributed by atoms with Crippen molar-refractivity contribution in [1.82, 2.24) is 5.32 Å². The number of imide groups is 2. The smallest absolute Gasteiger partial charge is 0.335 e. The molecule has 0 spiro atoms. The maximum Gasteiger partial charge on any atom is 0.335 e. The fourth-order valence-corrected chi connectivity index (χ4v) is 3.36. The van der Waals surface area contributed by atoms with E-state index in [0.29, 0.717) is 10.5 Å². The number of urea groups is 1. The van der Waals surface area contributed by atoms with E-state index in [1.165, 1.54) is 48.5 Å². The van der Waals surface area contributed by atoms with Crippen molar-refractivity contribution in [3.05, 3.63) is 91.2 Å². The molecule has 4 amide bonds. The van der Waals surface area contributed by atoms with Gasteiger partial charge in [0.25, 0.3) is 23.2 Å². The number of amides is 4. The highest BCUT2D eigenvalue weighted by molar-refractivity contribution is 6.39. The Hall–Kier alpha value is -4.84. The van der Waals surface area contributed by atoms with Gasteiger partial charge < -0.3 is 4.42 Å². The van der Waals surface area contributed by atoms with Gasteiger partial charge >= 0.3 is 6.03 Å². The molecule has 0 radical (unpaired) electrons. The summed E-state index contributed by atoms with van der Waals surface area (Å²) in [6, 6.07) is 10.6. The van der Waals surface area contributed by atoms with E-state index in [1.54, 1.807) is 0 Å². The maximum absolute atomic E-state index is 12.9. The second-order valence-electron chi connectivity index (χ2n) is 6.86. The van der Waals surface area contributed by atoms with Crippen LogP contribution in [0.1, 0.15) is 5.76 Å². The molecule has 3 aromatic rings. The number of barbiturate groups is 1. The summed E-state index contributed by atoms with van der Waals surface area (Å²) in [4.78, 5) is 58.9. The van der Waals surface area contributed by atoms with E-state index in [2.05, 4.69) is 0 Å². The lowest BCUT2D eigenvalue weighted by atomic mass is 10.1. The number of nitrogens with zero attached hydrogens (tertiary/aromatic N) is 3. The minimum absolute atomic E-state index is 0.0412. The Morgan fingerprint density at radius 3 is 2.44 bits per heavy atom. The first-order valence-corrected chi connectivity index (χ1v) is 9.73. The van der Waals surface area contributed by atoms with E-state index < -0.39 is 33.3 Å². The molecule has 2 heterocycles. The third-order valence-electron chi connectivity index (χ3n) is 4.74. The van der Waals surface area contributed by atoms with Crippen LogP contribution >= 0.6 is 11.6 Å². The van der Waals surface area contributed by atoms with Gasteiger partial charge in [-0.3, -0.25) is 35.1 Å². The number of non-ortho nitro benzene ring substituents is 1. The number of carbonyl (C=O) groups excluding carboxylic acids is 3. The molecule has 1 fully saturated rings. The van der Waals surface area contributed by atoms with Gasteiger partial charge in [0.2, 0.25) is 0 Å². The fourth-order valence-electron chi connectivity index (χ4n) is 3.17. The summed E-state index contributed by atoms with van der Waals surface area (Å²) in [6.07, 6.45) is 1.09. The SMILES string of the molecule is O=C1NC(=O)N(c2cccc([N+](=O)[O-])c2)C(=O)/C1=C\c1ccc(-c2ccc(Cl)c([N+](=O)[O-])c2)o1. The Balaban J connectivity index is 1.68. The number of nitro groups is 2. The monoisotopic (exact) mass is 482 g/mol. The number of anilines is 1. The van der Waals surface area contributed by atoms with E-state index in [9.17, 15) is 34.6 Å². The van der Waals surface area contributed by atoms with E-state index in [-0.39, 0.29) is 33.6 Å². The highest BCUT2D eigenvalue weighted by Gasteiger charge is 2.37. The summed E-state index contributed by atoms with van der Waals surface area (Å²) >= 11 is 5.81. The average molecular weight is 483 g/mol. The van der Waals surface area contributed by atoms with Crippen LogP contribution in [-0.2, 0) is 9.59 Å². The number of carbonyl (C=O) groups is 3. The Morgan fingerprint density at radius 1 is 0.971 bits per heavy atom. The molecule has 1 aromatic heterocycles. The standard InChI is InChI=1S/C21H11ClN4O8/c22-16-6-4-11(8-17(16)26(32)33)18-7-5-14(34-18)10-15-19(27)23-21(29)24(20(15)28)12-2-1-3-13(9-12)25(30)31/h1-10H,(H,23,27,29)/b15-10-. The number of nitro benzene ring substituents is 2. The van der Waals surface area contributed by atoms with Crippen molar-refractivity contribution in [3.8, 4) is 11.3 Å². The van der Waals surface area contributed by atoms with E-state index in [4.69, 9.17) is 16.0 Å². The molecule has 0 unspecified atom stereocenters. The van der Waals surface area contributed by atoms with Crippen molar-refractivity contribution in [3.63, 3.8) is 0 Å². The first-order chi connectivity index (χ1) is 16.2. The van der Waals surface area contributed by atoms with Crippen LogP contribution in [0.2, 0.25) is 5.02 Å². The number of hydrogen-bond acceptors (Lipinski definition) is 8. The topological polar surface area (TPSA) is 166 Å². The van der Waals surface area contributed by atoms with Crippen molar-refractivity contribution >= 4 is 52.6 Å². The molecule has 4 rings (SSSR count). The minimum atomic E-state index is -1.07. The third-order valence-corrected chi connectivity index (χ3v) is 5.06. The second-order valence-corrected chi connectivity index (χ2v) is 7.27. The second kappa shape index (κ2) is 8.60. The fraction of sp³-hybridized carbons (Fsp3) is 0. The molecule has 34 heavy (non-hydrogen) atoms. The van der Waals surface area contributed by atoms with Crippen molar-refractivity contribution in [1.29, 1.82) is 0 Å². The molecule has 2 aromatic carbocycles. The highest BCUT2D eigenvalue weighted by Crippen LogP contribution is 2.32. The van der Waals surface area contributed by atoms with Crippen LogP contribution in [0.5, 0.6) is 0 Å². The number of hydrogen-bond donors (Lipinski definition) is 1. The van der Waals surface area contributed by atoms with Crippen molar-refractivity contribution in [2.45, 2.75) is 0 Å². The van der Waals surface area contributed by atoms with Crippen LogP contribution in [0.3, 0.4) is 0 Å². The van der Waals surface area contributed by atoms with Gasteiger partial charge in [0, 0.05) is 23.8 Å². The number of benzene rings is 2. The zero-order valence-electron chi connectivity index (χ0n) is 16.8. The largest absolute Gasteiger partial charge is 0.457 e. The summed E-state index contributed by atoms with van der Waals surface area (Å²) < 4.78 is 5.60. The number of furan rings is 1. The molecule has 0 saturated carbocycles. The Bertz CT molecular complexity index is 1430. The zero-order valence-corrected chi connectivity index (χ0v) is 17.5. The summed E-state index contributed by atoms with van der Waals surface area (Å²) in [5.41, 5.74) is -0.928. The van der Waals surface area contributed by atoms with Crippen LogP contribution in [0.4, 0.5) is 21.9 Å². The summed E-state index contributed by atoms with van der Waals surface area (Å²) in [6.45, 7) is 0. The maximum atomic E-state index is 12.9. The van der Waals surface area contributed by atoms with Gasteiger partial charge in [-0.2, -0.15) is 0 Å². The first kappa shape index (κ1) is 22.4. The molecule has 1 saturated heterocycles. The van der Waals surface area contributed by atoms with Gasteiger partial charge in [0.05, 0.1) is 15.5 Å². The number of halogens is 1. The van der Waals surface area contributed by atoms with Crippen LogP contribution in [-0.4, -0.2) is 27.7 Å². The number of rotatable bonds is 5. The highest BCUT2D eigenvalue weighted by atomic mass is 35.5. The first-order valence-electron chi connectivity index (χ1n) is 9.36. The van der Waals surface area contributed by atoms with Gasteiger partial charge in [-0.25, -0.2) is 9.69 Å². The molecular formula is C21H11ClN4O8. The molecule has 13 heteroatoms. The molecular weight excluding hydrogens is 472 g/mol. The van der Waals surface area contributed by atoms with Crippen molar-refractivity contribution in [2.24, 2.45) is 0 Å². The normalized spacial score (nSPS) is 14.9. The van der Waals surface area contributed by atoms with Crippen molar-refractivity contribution in [2.75, 3.05) is 4.90 Å². The Labute approximate surface area is 194 Å². The quantitative estimate of drug-likeness (QED) is 0.245. The summed E-state index contributed by atoms with van der Waals surface area (Å²) in [7, 11) is 0. The molecule has 0 aliphatic carbocycles. The average Bonchev–Trinajstić information content (AvgIpc) is 3.25. The molecule has 0 atom stereocenters. The lowest BCUT2D eigenvalue weighted by Crippen LogP contribution is -2.54. The lowest BCUT2D eigenvalue weighted by Gasteiger charge is -2.26. The molecule has 0 bridgehead atoms. The zero-order chi connectivity index (χ0) is 24.6.